The van der Waals surface area contributed by atoms with E-state index in [-0.39, 0.29) is 40.1 Å². The predicted molar refractivity (Wildman–Crippen MR) is 93.4 cm³/mol. The lowest BCUT2D eigenvalue weighted by atomic mass is 10.1. The average Bonchev–Trinajstić information content (AvgIpc) is 2.74. The molecule has 0 amide bonds. The Labute approximate surface area is 152 Å². The van der Waals surface area contributed by atoms with E-state index in [1.165, 1.54) is 16.4 Å². The largest absolute Gasteiger partial charge is 0.315 e. The number of fused-ring (bicyclic) bond motifs is 2. The van der Waals surface area contributed by atoms with Crippen molar-refractivity contribution in [1.29, 1.82) is 0 Å². The van der Waals surface area contributed by atoms with E-state index in [0.29, 0.717) is 12.1 Å². The summed E-state index contributed by atoms with van der Waals surface area (Å²) in [5.74, 6) is 0. The van der Waals surface area contributed by atoms with Crippen molar-refractivity contribution >= 4 is 39.7 Å². The van der Waals surface area contributed by atoms with Crippen LogP contribution < -0.4 is 5.32 Å². The van der Waals surface area contributed by atoms with Gasteiger partial charge in [-0.15, -0.1) is 12.4 Å². The molecule has 0 aliphatic carbocycles. The molecule has 0 spiro atoms. The van der Waals surface area contributed by atoms with Crippen LogP contribution in [0.3, 0.4) is 0 Å². The second kappa shape index (κ2) is 7.13. The van der Waals surface area contributed by atoms with Crippen LogP contribution in [-0.4, -0.2) is 42.8 Å². The fourth-order valence-corrected chi connectivity index (χ4v) is 6.02. The lowest BCUT2D eigenvalue weighted by Gasteiger charge is -2.27. The molecule has 0 aromatic heterocycles. The average molecular weight is 396 g/mol. The van der Waals surface area contributed by atoms with Gasteiger partial charge in [0, 0.05) is 24.7 Å². The fraction of sp³-hybridized carbons (Fsp3) is 0.571. The Bertz CT molecular complexity index is 743. The van der Waals surface area contributed by atoms with Crippen LogP contribution in [0.5, 0.6) is 0 Å². The summed E-state index contributed by atoms with van der Waals surface area (Å²) in [5, 5.41) is 14.1. The Morgan fingerprint density at radius 3 is 2.62 bits per heavy atom. The van der Waals surface area contributed by atoms with Gasteiger partial charge in [-0.1, -0.05) is 11.6 Å². The molecule has 2 bridgehead atoms. The minimum absolute atomic E-state index is 0. The molecule has 1 N–H and O–H groups in total. The molecule has 134 valence electrons. The van der Waals surface area contributed by atoms with Gasteiger partial charge in [-0.05, 0) is 44.4 Å². The zero-order valence-electron chi connectivity index (χ0n) is 13.1. The first-order valence-electron chi connectivity index (χ1n) is 7.51. The Morgan fingerprint density at radius 2 is 1.96 bits per heavy atom. The molecule has 2 heterocycles. The Morgan fingerprint density at radius 1 is 1.29 bits per heavy atom. The monoisotopic (exact) mass is 395 g/mol. The number of hydrogen-bond donors (Lipinski definition) is 1. The van der Waals surface area contributed by atoms with E-state index in [2.05, 4.69) is 5.32 Å². The third-order valence-electron chi connectivity index (χ3n) is 4.50. The van der Waals surface area contributed by atoms with E-state index in [1.807, 2.05) is 0 Å². The highest BCUT2D eigenvalue weighted by Gasteiger charge is 2.44. The van der Waals surface area contributed by atoms with E-state index in [4.69, 9.17) is 11.6 Å². The van der Waals surface area contributed by atoms with Gasteiger partial charge in [0.1, 0.15) is 9.92 Å². The third kappa shape index (κ3) is 3.25. The highest BCUT2D eigenvalue weighted by molar-refractivity contribution is 7.89. The molecule has 2 unspecified atom stereocenters. The maximum atomic E-state index is 13.1. The van der Waals surface area contributed by atoms with E-state index < -0.39 is 14.9 Å². The minimum atomic E-state index is -3.87. The van der Waals surface area contributed by atoms with E-state index in [0.717, 1.165) is 25.8 Å². The molecular weight excluding hydrogens is 377 g/mol. The second-order valence-electron chi connectivity index (χ2n) is 6.07. The van der Waals surface area contributed by atoms with Crippen molar-refractivity contribution in [2.24, 2.45) is 0 Å². The number of aryl methyl sites for hydroxylation is 1. The molecule has 1 aromatic carbocycles. The fourth-order valence-electron chi connectivity index (χ4n) is 3.48. The van der Waals surface area contributed by atoms with E-state index in [9.17, 15) is 18.5 Å². The molecular formula is C14H19Cl2N3O4S. The van der Waals surface area contributed by atoms with Crippen LogP contribution in [0.2, 0.25) is 5.02 Å². The van der Waals surface area contributed by atoms with E-state index >= 15 is 0 Å². The van der Waals surface area contributed by atoms with Crippen LogP contribution in [0.15, 0.2) is 17.0 Å². The normalized spacial score (nSPS) is 24.2. The Hall–Kier alpha value is -0.930. The van der Waals surface area contributed by atoms with Crippen molar-refractivity contribution in [2.75, 3.05) is 13.1 Å². The van der Waals surface area contributed by atoms with Crippen LogP contribution in [0.1, 0.15) is 24.8 Å². The summed E-state index contributed by atoms with van der Waals surface area (Å²) >= 11 is 6.07. The molecule has 10 heteroatoms. The number of nitrogens with zero attached hydrogens (tertiary/aromatic N) is 2. The molecule has 0 radical (unpaired) electrons. The highest BCUT2D eigenvalue weighted by atomic mass is 35.5. The number of nitro benzene ring substituents is 1. The molecule has 3 rings (SSSR count). The number of hydrogen-bond acceptors (Lipinski definition) is 5. The van der Waals surface area contributed by atoms with Gasteiger partial charge in [-0.3, -0.25) is 10.1 Å². The topological polar surface area (TPSA) is 92.5 Å². The summed E-state index contributed by atoms with van der Waals surface area (Å²) < 4.78 is 27.8. The minimum Gasteiger partial charge on any atom is -0.315 e. The van der Waals surface area contributed by atoms with Gasteiger partial charge in [0.25, 0.3) is 5.69 Å². The van der Waals surface area contributed by atoms with Gasteiger partial charge < -0.3 is 5.32 Å². The quantitative estimate of drug-likeness (QED) is 0.626. The number of rotatable bonds is 3. The smallest absolute Gasteiger partial charge is 0.289 e. The van der Waals surface area contributed by atoms with Gasteiger partial charge >= 0.3 is 0 Å². The molecule has 0 saturated carbocycles. The maximum Gasteiger partial charge on any atom is 0.289 e. The summed E-state index contributed by atoms with van der Waals surface area (Å²) in [4.78, 5) is 10.3. The van der Waals surface area contributed by atoms with Crippen LogP contribution >= 0.6 is 24.0 Å². The summed E-state index contributed by atoms with van der Waals surface area (Å²) in [6.45, 7) is 3.00. The van der Waals surface area contributed by atoms with Crippen LogP contribution in [-0.2, 0) is 10.0 Å². The van der Waals surface area contributed by atoms with Crippen molar-refractivity contribution in [3.05, 3.63) is 32.8 Å². The van der Waals surface area contributed by atoms with Crippen molar-refractivity contribution in [3.8, 4) is 0 Å². The lowest BCUT2D eigenvalue weighted by molar-refractivity contribution is -0.385. The zero-order chi connectivity index (χ0) is 16.8. The first-order valence-corrected chi connectivity index (χ1v) is 9.33. The molecule has 2 aliphatic heterocycles. The van der Waals surface area contributed by atoms with Gasteiger partial charge in [0.05, 0.1) is 4.92 Å². The molecule has 2 saturated heterocycles. The van der Waals surface area contributed by atoms with Crippen molar-refractivity contribution in [3.63, 3.8) is 0 Å². The first kappa shape index (κ1) is 19.4. The summed E-state index contributed by atoms with van der Waals surface area (Å²) in [6, 6.07) is 2.52. The summed E-state index contributed by atoms with van der Waals surface area (Å²) in [7, 11) is -3.87. The molecule has 7 nitrogen and oxygen atoms in total. The standard InChI is InChI=1S/C14H18ClN3O4S.ClH/c1-9-6-12(18(19)20)14(15)13(7-9)23(21,22)17-10-2-3-11(17)8-16-5-4-10;/h6-7,10-11,16H,2-5,8H2,1H3;1H. The molecule has 2 aliphatic rings. The SMILES string of the molecule is Cc1cc([N+](=O)[O-])c(Cl)c(S(=O)(=O)N2C3CCNCC2CC3)c1.Cl. The molecule has 1 aromatic rings. The lowest BCUT2D eigenvalue weighted by Crippen LogP contribution is -2.42. The Balaban J connectivity index is 0.00000208. The predicted octanol–water partition coefficient (Wildman–Crippen LogP) is 2.49. The zero-order valence-corrected chi connectivity index (χ0v) is 15.5. The van der Waals surface area contributed by atoms with Gasteiger partial charge in [0.15, 0.2) is 0 Å². The first-order chi connectivity index (χ1) is 10.8. The number of nitrogens with one attached hydrogen (secondary N) is 1. The van der Waals surface area contributed by atoms with Crippen LogP contribution in [0, 0.1) is 17.0 Å². The number of nitro groups is 1. The number of halogens is 2. The van der Waals surface area contributed by atoms with Crippen LogP contribution in [0.25, 0.3) is 0 Å². The third-order valence-corrected chi connectivity index (χ3v) is 7.04. The van der Waals surface area contributed by atoms with Crippen molar-refractivity contribution in [2.45, 2.75) is 43.2 Å². The highest BCUT2D eigenvalue weighted by Crippen LogP contribution is 2.39. The number of benzene rings is 1. The molecule has 24 heavy (non-hydrogen) atoms. The van der Waals surface area contributed by atoms with Crippen molar-refractivity contribution < 1.29 is 13.3 Å². The van der Waals surface area contributed by atoms with E-state index in [1.54, 1.807) is 6.92 Å². The van der Waals surface area contributed by atoms with Crippen molar-refractivity contribution in [1.82, 2.24) is 9.62 Å². The maximum absolute atomic E-state index is 13.1. The Kier molecular flexibility index (Phi) is 5.76. The second-order valence-corrected chi connectivity index (χ2v) is 8.26. The summed E-state index contributed by atoms with van der Waals surface area (Å²) in [6.07, 6.45) is 2.35. The van der Waals surface area contributed by atoms with Gasteiger partial charge in [-0.25, -0.2) is 8.42 Å². The van der Waals surface area contributed by atoms with Gasteiger partial charge in [0.2, 0.25) is 10.0 Å². The number of sulfonamides is 1. The summed E-state index contributed by atoms with van der Waals surface area (Å²) in [5.41, 5.74) is 0.130. The van der Waals surface area contributed by atoms with Gasteiger partial charge in [-0.2, -0.15) is 4.31 Å². The molecule has 2 fully saturated rings. The van der Waals surface area contributed by atoms with Crippen LogP contribution in [0.4, 0.5) is 5.69 Å². The molecule has 2 atom stereocenters.